The Morgan fingerprint density at radius 2 is 1.95 bits per heavy atom. The molecule has 112 valence electrons. The van der Waals surface area contributed by atoms with Crippen molar-refractivity contribution in [1.82, 2.24) is 15.0 Å². The van der Waals surface area contributed by atoms with Gasteiger partial charge in [-0.2, -0.15) is 4.98 Å². The van der Waals surface area contributed by atoms with E-state index in [1.807, 2.05) is 6.92 Å². The van der Waals surface area contributed by atoms with Gasteiger partial charge in [-0.1, -0.05) is 32.4 Å². The molecule has 6 heteroatoms. The molecule has 0 bridgehead atoms. The molecular formula is C15H19ClN4O. The van der Waals surface area contributed by atoms with Crippen LogP contribution in [0.4, 0.5) is 5.82 Å². The summed E-state index contributed by atoms with van der Waals surface area (Å²) < 4.78 is 5.74. The average molecular weight is 307 g/mol. The summed E-state index contributed by atoms with van der Waals surface area (Å²) in [4.78, 5) is 13.0. The Balaban J connectivity index is 2.35. The molecule has 0 aliphatic rings. The van der Waals surface area contributed by atoms with Crippen LogP contribution in [0.15, 0.2) is 24.5 Å². The SMILES string of the molecule is CCNc1cc(Oc2cncc(Cl)c2)nc(C(C)(C)C)n1. The Bertz CT molecular complexity index is 625. The van der Waals surface area contributed by atoms with E-state index in [1.165, 1.54) is 0 Å². The van der Waals surface area contributed by atoms with Crippen LogP contribution in [-0.4, -0.2) is 21.5 Å². The number of ether oxygens (including phenoxy) is 1. The molecule has 0 spiro atoms. The van der Waals surface area contributed by atoms with Crippen molar-refractivity contribution in [3.05, 3.63) is 35.4 Å². The zero-order chi connectivity index (χ0) is 15.5. The maximum absolute atomic E-state index is 5.91. The van der Waals surface area contributed by atoms with Crippen LogP contribution in [0, 0.1) is 0 Å². The van der Waals surface area contributed by atoms with E-state index in [2.05, 4.69) is 41.0 Å². The van der Waals surface area contributed by atoms with Gasteiger partial charge in [-0.3, -0.25) is 4.98 Å². The van der Waals surface area contributed by atoms with Crippen molar-refractivity contribution in [2.75, 3.05) is 11.9 Å². The second-order valence-corrected chi connectivity index (χ2v) is 6.07. The lowest BCUT2D eigenvalue weighted by Gasteiger charge is -2.18. The van der Waals surface area contributed by atoms with Crippen molar-refractivity contribution >= 4 is 17.4 Å². The van der Waals surface area contributed by atoms with Gasteiger partial charge in [0.05, 0.1) is 11.2 Å². The van der Waals surface area contributed by atoms with Gasteiger partial charge in [0, 0.05) is 30.3 Å². The first-order valence-electron chi connectivity index (χ1n) is 6.80. The Kier molecular flexibility index (Phi) is 4.63. The van der Waals surface area contributed by atoms with Gasteiger partial charge in [-0.25, -0.2) is 4.98 Å². The van der Waals surface area contributed by atoms with Gasteiger partial charge in [-0.15, -0.1) is 0 Å². The number of hydrogen-bond acceptors (Lipinski definition) is 5. The largest absolute Gasteiger partial charge is 0.437 e. The van der Waals surface area contributed by atoms with Crippen molar-refractivity contribution in [3.8, 4) is 11.6 Å². The predicted octanol–water partition coefficient (Wildman–Crippen LogP) is 4.05. The van der Waals surface area contributed by atoms with E-state index < -0.39 is 0 Å². The number of anilines is 1. The number of rotatable bonds is 4. The number of nitrogens with zero attached hydrogens (tertiary/aromatic N) is 3. The number of halogens is 1. The van der Waals surface area contributed by atoms with Gasteiger partial charge in [0.25, 0.3) is 0 Å². The molecule has 1 N–H and O–H groups in total. The Hall–Kier alpha value is -1.88. The molecule has 2 aromatic rings. The van der Waals surface area contributed by atoms with Gasteiger partial charge in [0.15, 0.2) is 0 Å². The summed E-state index contributed by atoms with van der Waals surface area (Å²) >= 11 is 5.91. The van der Waals surface area contributed by atoms with E-state index in [1.54, 1.807) is 24.5 Å². The summed E-state index contributed by atoms with van der Waals surface area (Å²) in [6.45, 7) is 8.97. The van der Waals surface area contributed by atoms with Gasteiger partial charge >= 0.3 is 0 Å². The smallest absolute Gasteiger partial charge is 0.224 e. The van der Waals surface area contributed by atoms with E-state index in [4.69, 9.17) is 16.3 Å². The average Bonchev–Trinajstić information content (AvgIpc) is 2.37. The van der Waals surface area contributed by atoms with Gasteiger partial charge in [-0.05, 0) is 6.92 Å². The van der Waals surface area contributed by atoms with Crippen LogP contribution >= 0.6 is 11.6 Å². The van der Waals surface area contributed by atoms with E-state index in [9.17, 15) is 0 Å². The summed E-state index contributed by atoms with van der Waals surface area (Å²) in [6, 6.07) is 3.46. The monoisotopic (exact) mass is 306 g/mol. The first-order valence-corrected chi connectivity index (χ1v) is 7.18. The fourth-order valence-corrected chi connectivity index (χ4v) is 1.82. The van der Waals surface area contributed by atoms with Crippen LogP contribution in [-0.2, 0) is 5.41 Å². The number of hydrogen-bond donors (Lipinski definition) is 1. The topological polar surface area (TPSA) is 59.9 Å². The molecule has 0 aromatic carbocycles. The van der Waals surface area contributed by atoms with Gasteiger partial charge < -0.3 is 10.1 Å². The lowest BCUT2D eigenvalue weighted by Crippen LogP contribution is -2.17. The lowest BCUT2D eigenvalue weighted by molar-refractivity contribution is 0.445. The van der Waals surface area contributed by atoms with Crippen LogP contribution < -0.4 is 10.1 Å². The summed E-state index contributed by atoms with van der Waals surface area (Å²) in [5.41, 5.74) is -0.171. The minimum absolute atomic E-state index is 0.171. The number of aromatic nitrogens is 3. The van der Waals surface area contributed by atoms with Crippen LogP contribution in [0.2, 0.25) is 5.02 Å². The molecule has 21 heavy (non-hydrogen) atoms. The molecule has 2 aromatic heterocycles. The van der Waals surface area contributed by atoms with Crippen LogP contribution in [0.5, 0.6) is 11.6 Å². The third-order valence-corrected chi connectivity index (χ3v) is 2.84. The molecule has 0 atom stereocenters. The second kappa shape index (κ2) is 6.26. The van der Waals surface area contributed by atoms with Gasteiger partial charge in [0.2, 0.25) is 5.88 Å². The van der Waals surface area contributed by atoms with E-state index in [0.717, 1.165) is 12.4 Å². The third-order valence-electron chi connectivity index (χ3n) is 2.63. The molecule has 2 heterocycles. The van der Waals surface area contributed by atoms with Crippen LogP contribution in [0.3, 0.4) is 0 Å². The second-order valence-electron chi connectivity index (χ2n) is 5.64. The first kappa shape index (κ1) is 15.5. The third kappa shape index (κ3) is 4.29. The zero-order valence-electron chi connectivity index (χ0n) is 12.6. The van der Waals surface area contributed by atoms with Crippen LogP contribution in [0.25, 0.3) is 0 Å². The highest BCUT2D eigenvalue weighted by atomic mass is 35.5. The number of nitrogens with one attached hydrogen (secondary N) is 1. The molecule has 0 saturated heterocycles. The maximum atomic E-state index is 5.91. The van der Waals surface area contributed by atoms with Crippen molar-refractivity contribution in [2.24, 2.45) is 0 Å². The standard InChI is InChI=1S/C15H19ClN4O/c1-5-18-12-7-13(20-14(19-12)15(2,3)4)21-11-6-10(16)8-17-9-11/h6-9H,5H2,1-4H3,(H,18,19,20). The fraction of sp³-hybridized carbons (Fsp3) is 0.400. The highest BCUT2D eigenvalue weighted by Crippen LogP contribution is 2.27. The summed E-state index contributed by atoms with van der Waals surface area (Å²) in [7, 11) is 0. The van der Waals surface area contributed by atoms with Gasteiger partial charge in [0.1, 0.15) is 17.4 Å². The Morgan fingerprint density at radius 1 is 1.19 bits per heavy atom. The Labute approximate surface area is 129 Å². The van der Waals surface area contributed by atoms with Crippen molar-refractivity contribution < 1.29 is 4.74 Å². The molecule has 0 amide bonds. The quantitative estimate of drug-likeness (QED) is 0.923. The molecular weight excluding hydrogens is 288 g/mol. The minimum atomic E-state index is -0.171. The Morgan fingerprint density at radius 3 is 2.57 bits per heavy atom. The molecule has 0 saturated carbocycles. The fourth-order valence-electron chi connectivity index (χ4n) is 1.65. The zero-order valence-corrected chi connectivity index (χ0v) is 13.4. The molecule has 0 unspecified atom stereocenters. The highest BCUT2D eigenvalue weighted by molar-refractivity contribution is 6.30. The lowest BCUT2D eigenvalue weighted by atomic mass is 9.96. The van der Waals surface area contributed by atoms with E-state index in [0.29, 0.717) is 22.5 Å². The molecule has 5 nitrogen and oxygen atoms in total. The normalized spacial score (nSPS) is 11.3. The molecule has 0 aliphatic carbocycles. The summed E-state index contributed by atoms with van der Waals surface area (Å²) in [6.07, 6.45) is 3.15. The molecule has 2 rings (SSSR count). The van der Waals surface area contributed by atoms with Crippen molar-refractivity contribution in [2.45, 2.75) is 33.1 Å². The molecule has 0 fully saturated rings. The van der Waals surface area contributed by atoms with Crippen molar-refractivity contribution in [3.63, 3.8) is 0 Å². The van der Waals surface area contributed by atoms with Crippen LogP contribution in [0.1, 0.15) is 33.5 Å². The van der Waals surface area contributed by atoms with Crippen molar-refractivity contribution in [1.29, 1.82) is 0 Å². The summed E-state index contributed by atoms with van der Waals surface area (Å²) in [5.74, 6) is 2.46. The maximum Gasteiger partial charge on any atom is 0.224 e. The van der Waals surface area contributed by atoms with E-state index >= 15 is 0 Å². The summed E-state index contributed by atoms with van der Waals surface area (Å²) in [5, 5.41) is 3.70. The first-order chi connectivity index (χ1) is 9.88. The highest BCUT2D eigenvalue weighted by Gasteiger charge is 2.19. The molecule has 0 radical (unpaired) electrons. The minimum Gasteiger partial charge on any atom is -0.437 e. The predicted molar refractivity (Wildman–Crippen MR) is 84.2 cm³/mol. The number of pyridine rings is 1. The molecule has 0 aliphatic heterocycles. The van der Waals surface area contributed by atoms with E-state index in [-0.39, 0.29) is 5.41 Å².